The van der Waals surface area contributed by atoms with E-state index in [9.17, 15) is 1.37 Å². The molecule has 1 saturated carbocycles. The fourth-order valence-corrected chi connectivity index (χ4v) is 5.87. The zero-order valence-electron chi connectivity index (χ0n) is 27.4. The van der Waals surface area contributed by atoms with Crippen LogP contribution in [0, 0.1) is 6.85 Å². The zero-order chi connectivity index (χ0) is 30.2. The number of benzene rings is 3. The van der Waals surface area contributed by atoms with Gasteiger partial charge in [0, 0.05) is 38.8 Å². The lowest BCUT2D eigenvalue weighted by Gasteiger charge is -2.30. The first-order chi connectivity index (χ1) is 19.7. The van der Waals surface area contributed by atoms with Crippen molar-refractivity contribution in [3.05, 3.63) is 102 Å². The summed E-state index contributed by atoms with van der Waals surface area (Å²) in [5.74, 6) is -2.87. The Morgan fingerprint density at radius 3 is 2.56 bits per heavy atom. The molecule has 0 amide bonds. The van der Waals surface area contributed by atoms with Gasteiger partial charge in [-0.3, -0.25) is 4.98 Å². The third kappa shape index (κ3) is 3.43. The van der Waals surface area contributed by atoms with Gasteiger partial charge in [0.2, 0.25) is 0 Å². The van der Waals surface area contributed by atoms with E-state index in [0.29, 0.717) is 11.3 Å². The van der Waals surface area contributed by atoms with Crippen LogP contribution in [0.25, 0.3) is 31.4 Å². The molecule has 2 heteroatoms. The molecule has 0 atom stereocenters. The lowest BCUT2D eigenvalue weighted by Crippen LogP contribution is -2.13. The van der Waals surface area contributed by atoms with Crippen LogP contribution in [-0.2, 0) is 0 Å². The summed E-state index contributed by atoms with van der Waals surface area (Å²) < 4.78 is 86.2. The highest BCUT2D eigenvalue weighted by atomic mass is 32.1. The predicted octanol–water partition coefficient (Wildman–Crippen LogP) is 8.87. The number of hydrogen-bond acceptors (Lipinski definition) is 2. The van der Waals surface area contributed by atoms with Crippen LogP contribution in [-0.4, -0.2) is 4.98 Å². The summed E-state index contributed by atoms with van der Waals surface area (Å²) in [4.78, 5) is 4.57. The molecule has 0 radical (unpaired) electrons. The van der Waals surface area contributed by atoms with Gasteiger partial charge in [0.15, 0.2) is 0 Å². The minimum Gasteiger partial charge on any atom is -0.256 e. The molecule has 6 rings (SSSR count). The Balaban J connectivity index is 1.44. The molecule has 158 valence electrons. The summed E-state index contributed by atoms with van der Waals surface area (Å²) in [5, 5.41) is 2.20. The van der Waals surface area contributed by atoms with E-state index < -0.39 is 48.9 Å². The number of pyridine rings is 1. The van der Waals surface area contributed by atoms with Gasteiger partial charge < -0.3 is 0 Å². The number of rotatable bonds is 3. The van der Waals surface area contributed by atoms with Crippen molar-refractivity contribution >= 4 is 31.5 Å². The monoisotopic (exact) mass is 443 g/mol. The van der Waals surface area contributed by atoms with Crippen LogP contribution in [0.2, 0.25) is 0 Å². The second-order valence-electron chi connectivity index (χ2n) is 8.10. The van der Waals surface area contributed by atoms with Crippen molar-refractivity contribution in [2.45, 2.75) is 44.3 Å². The lowest BCUT2D eigenvalue weighted by molar-refractivity contribution is 0.395. The molecule has 2 heterocycles. The maximum Gasteiger partial charge on any atom is 0.0719 e. The normalized spacial score (nSPS) is 28.4. The molecule has 32 heavy (non-hydrogen) atoms. The van der Waals surface area contributed by atoms with Crippen molar-refractivity contribution in [3.8, 4) is 11.3 Å². The van der Waals surface area contributed by atoms with Gasteiger partial charge in [0.25, 0.3) is 0 Å². The van der Waals surface area contributed by atoms with Gasteiger partial charge in [-0.05, 0) is 73.1 Å². The maximum absolute atomic E-state index is 9.50. The van der Waals surface area contributed by atoms with Crippen LogP contribution in [0.4, 0.5) is 0 Å². The highest BCUT2D eigenvalue weighted by Gasteiger charge is 2.25. The molecule has 3 aromatic carbocycles. The van der Waals surface area contributed by atoms with Crippen molar-refractivity contribution in [2.75, 3.05) is 0 Å². The fraction of sp³-hybridized carbons (Fsp3) is 0.233. The van der Waals surface area contributed by atoms with Gasteiger partial charge >= 0.3 is 0 Å². The summed E-state index contributed by atoms with van der Waals surface area (Å²) in [5.41, 5.74) is 1.66. The first-order valence-electron chi connectivity index (χ1n) is 15.7. The first kappa shape index (κ1) is 11.8. The summed E-state index contributed by atoms with van der Waals surface area (Å²) in [6.45, 7) is -2.51. The van der Waals surface area contributed by atoms with Crippen LogP contribution >= 0.6 is 11.3 Å². The van der Waals surface area contributed by atoms with E-state index in [-0.39, 0.29) is 36.8 Å². The van der Waals surface area contributed by atoms with Gasteiger partial charge in [0.05, 0.1) is 12.5 Å². The molecule has 0 saturated heterocycles. The number of thiophene rings is 1. The Bertz CT molecular complexity index is 1840. The molecule has 5 aromatic rings. The molecule has 1 aliphatic carbocycles. The van der Waals surface area contributed by atoms with Crippen molar-refractivity contribution < 1.29 is 13.7 Å². The smallest absolute Gasteiger partial charge is 0.0719 e. The molecular weight excluding hydrogens is 406 g/mol. The van der Waals surface area contributed by atoms with Gasteiger partial charge in [-0.15, -0.1) is 11.3 Å². The Kier molecular flexibility index (Phi) is 3.01. The Morgan fingerprint density at radius 2 is 1.72 bits per heavy atom. The van der Waals surface area contributed by atoms with Crippen LogP contribution in [0.5, 0.6) is 0 Å². The van der Waals surface area contributed by atoms with Crippen molar-refractivity contribution in [1.82, 2.24) is 4.98 Å². The second kappa shape index (κ2) is 8.18. The molecule has 1 fully saturated rings. The van der Waals surface area contributed by atoms with Crippen molar-refractivity contribution in [2.24, 2.45) is 0 Å². The summed E-state index contributed by atoms with van der Waals surface area (Å²) in [7, 11) is 0. The third-order valence-electron chi connectivity index (χ3n) is 6.28. The van der Waals surface area contributed by atoms with Gasteiger partial charge in [-0.25, -0.2) is 0 Å². The predicted molar refractivity (Wildman–Crippen MR) is 138 cm³/mol. The number of aryl methyl sites for hydroxylation is 1. The molecule has 2 aromatic heterocycles. The SMILES string of the molecule is [2H]c1c([2H])c([2H])c(C2([2H])CCC([2H])(c3cc(-c4cccc5c4sc4ccccc45)ncc3C([2H])([2H])[2H])CC2)c([2H])c1[2H]. The number of hydrogen-bond donors (Lipinski definition) is 0. The molecule has 0 aliphatic heterocycles. The highest BCUT2D eigenvalue weighted by Crippen LogP contribution is 2.43. The summed E-state index contributed by atoms with van der Waals surface area (Å²) in [6.07, 6.45) is 1.58. The molecule has 0 unspecified atom stereocenters. The summed E-state index contributed by atoms with van der Waals surface area (Å²) in [6, 6.07) is 13.5. The summed E-state index contributed by atoms with van der Waals surface area (Å²) >= 11 is 1.63. The Labute approximate surface area is 207 Å². The number of aromatic nitrogens is 1. The molecule has 0 N–H and O–H groups in total. The highest BCUT2D eigenvalue weighted by molar-refractivity contribution is 7.26. The molecular formula is C30H27NS. The van der Waals surface area contributed by atoms with Crippen LogP contribution < -0.4 is 0 Å². The molecule has 0 bridgehead atoms. The molecule has 1 nitrogen and oxygen atoms in total. The van der Waals surface area contributed by atoms with Crippen LogP contribution in [0.1, 0.15) is 67.9 Å². The van der Waals surface area contributed by atoms with E-state index in [1.165, 1.54) is 6.20 Å². The largest absolute Gasteiger partial charge is 0.256 e. The first-order valence-corrected chi connectivity index (χ1v) is 11.6. The minimum absolute atomic E-state index is 0.00921. The Morgan fingerprint density at radius 1 is 0.938 bits per heavy atom. The second-order valence-corrected chi connectivity index (χ2v) is 9.15. The minimum atomic E-state index is -2.51. The molecule has 1 aliphatic rings. The van der Waals surface area contributed by atoms with Crippen LogP contribution in [0.3, 0.4) is 0 Å². The topological polar surface area (TPSA) is 12.9 Å². The average molecular weight is 444 g/mol. The quantitative estimate of drug-likeness (QED) is 0.271. The van der Waals surface area contributed by atoms with Crippen molar-refractivity contribution in [1.29, 1.82) is 0 Å². The average Bonchev–Trinajstić information content (AvgIpc) is 3.35. The van der Waals surface area contributed by atoms with Crippen molar-refractivity contribution in [3.63, 3.8) is 0 Å². The van der Waals surface area contributed by atoms with E-state index >= 15 is 0 Å². The number of fused-ring (bicyclic) bond motifs is 3. The standard InChI is InChI=1S/C30H27NS/c1-20-19-31-28(26-12-7-11-25-24-10-5-6-13-29(24)32-30(25)26)18-27(20)23-16-14-22(15-17-23)21-8-3-2-4-9-21/h2-13,18-19,22-23H,14-17H2,1H3/i1D3,2D,3D,4D,8D,9D,22D,23D. The van der Waals surface area contributed by atoms with Gasteiger partial charge in [-0.1, -0.05) is 66.6 Å². The van der Waals surface area contributed by atoms with E-state index in [1.54, 1.807) is 17.4 Å². The van der Waals surface area contributed by atoms with E-state index in [4.69, 9.17) is 12.3 Å². The molecule has 0 spiro atoms. The third-order valence-corrected chi connectivity index (χ3v) is 7.50. The van der Waals surface area contributed by atoms with E-state index in [2.05, 4.69) is 23.2 Å². The van der Waals surface area contributed by atoms with E-state index in [0.717, 1.165) is 25.7 Å². The fourth-order valence-electron chi connectivity index (χ4n) is 4.64. The van der Waals surface area contributed by atoms with Gasteiger partial charge in [0.1, 0.15) is 0 Å². The Hall–Kier alpha value is -2.97. The lowest BCUT2D eigenvalue weighted by atomic mass is 9.75. The number of nitrogens with zero attached hydrogens (tertiary/aromatic N) is 1. The van der Waals surface area contributed by atoms with Gasteiger partial charge in [-0.2, -0.15) is 0 Å². The van der Waals surface area contributed by atoms with Crippen LogP contribution in [0.15, 0.2) is 84.9 Å². The maximum atomic E-state index is 9.50. The zero-order valence-corrected chi connectivity index (χ0v) is 18.2. The van der Waals surface area contributed by atoms with E-state index in [1.807, 2.05) is 24.3 Å².